The first-order valence-electron chi connectivity index (χ1n) is 35.0. The fraction of sp³-hybridized carbons (Fsp3) is 0.349. The third-order valence-electron chi connectivity index (χ3n) is 16.9. The van der Waals surface area contributed by atoms with E-state index < -0.39 is 0 Å². The third-order valence-corrected chi connectivity index (χ3v) is 17.4. The van der Waals surface area contributed by atoms with E-state index in [-0.39, 0.29) is 112 Å². The van der Waals surface area contributed by atoms with Gasteiger partial charge in [0.2, 0.25) is 47.3 Å². The number of halogens is 4. The SMILES string of the molecule is CC(C)(CC(N)=O)c1ccc(Cl)cc1.CC(CC(N)=O)c1ccc(F)cc1.CC(CC(N)=O)c1cccc(F)c1.CNC(=O)CC(C)(C)c1ccc(Cl)cc1.C[C@H](CC(N)=O)c1ccccc1.Cc1ccc(C(C)CC(N)=O)cc1.Cc1ccc(C(C)CC(N)=O)cc1.Cc1cccc(C(C)CC(N)=O)c1. The Kier molecular flexibility index (Phi) is 43.3. The quantitative estimate of drug-likeness (QED) is 0.0287. The first kappa shape index (κ1) is 94.0. The lowest BCUT2D eigenvalue weighted by Gasteiger charge is -2.24. The molecule has 8 aromatic carbocycles. The summed E-state index contributed by atoms with van der Waals surface area (Å²) in [5.41, 5.74) is 47.6. The van der Waals surface area contributed by atoms with Crippen molar-refractivity contribution in [2.45, 2.75) is 188 Å². The summed E-state index contributed by atoms with van der Waals surface area (Å²) in [5.74, 6) is -1.54. The number of benzene rings is 8. The van der Waals surface area contributed by atoms with Crippen molar-refractivity contribution in [2.24, 2.45) is 40.1 Å². The molecule has 6 atom stereocenters. The fourth-order valence-electron chi connectivity index (χ4n) is 10.6. The van der Waals surface area contributed by atoms with Gasteiger partial charge in [-0.15, -0.1) is 0 Å². The topological polar surface area (TPSA) is 331 Å². The number of nitrogens with two attached hydrogens (primary N) is 7. The largest absolute Gasteiger partial charge is 0.370 e. The van der Waals surface area contributed by atoms with Crippen molar-refractivity contribution in [3.05, 3.63) is 283 Å². The maximum Gasteiger partial charge on any atom is 0.220 e. The van der Waals surface area contributed by atoms with E-state index in [2.05, 4.69) is 11.4 Å². The Balaban J connectivity index is 0.000000606. The van der Waals surface area contributed by atoms with Gasteiger partial charge in [-0.25, -0.2) is 8.78 Å². The van der Waals surface area contributed by atoms with Gasteiger partial charge in [-0.05, 0) is 160 Å². The second-order valence-electron chi connectivity index (χ2n) is 28.0. The van der Waals surface area contributed by atoms with Crippen LogP contribution in [-0.4, -0.2) is 54.3 Å². The third kappa shape index (κ3) is 41.5. The highest BCUT2D eigenvalue weighted by Crippen LogP contribution is 2.30. The number of primary amides is 7. The van der Waals surface area contributed by atoms with Crippen molar-refractivity contribution in [1.29, 1.82) is 0 Å². The predicted molar refractivity (Wildman–Crippen MR) is 428 cm³/mol. The van der Waals surface area contributed by atoms with Gasteiger partial charge in [0.05, 0.1) is 0 Å². The molecule has 20 heteroatoms. The van der Waals surface area contributed by atoms with Gasteiger partial charge in [-0.3, -0.25) is 38.4 Å². The van der Waals surface area contributed by atoms with E-state index in [9.17, 15) is 47.1 Å². The average molecular weight is 1490 g/mol. The Hall–Kier alpha value is -10.0. The van der Waals surface area contributed by atoms with Crippen LogP contribution in [-0.2, 0) is 49.2 Å². The lowest BCUT2D eigenvalue weighted by Crippen LogP contribution is -2.28. The van der Waals surface area contributed by atoms with Crippen LogP contribution in [0.1, 0.15) is 217 Å². The lowest BCUT2D eigenvalue weighted by molar-refractivity contribution is -0.122. The lowest BCUT2D eigenvalue weighted by atomic mass is 9.81. The number of amides is 8. The maximum atomic E-state index is 12.7. The van der Waals surface area contributed by atoms with Crippen LogP contribution in [0.25, 0.3) is 0 Å². The van der Waals surface area contributed by atoms with E-state index in [1.165, 1.54) is 57.6 Å². The Morgan fingerprint density at radius 1 is 0.330 bits per heavy atom. The van der Waals surface area contributed by atoms with Crippen molar-refractivity contribution >= 4 is 70.5 Å². The van der Waals surface area contributed by atoms with Crippen molar-refractivity contribution in [3.63, 3.8) is 0 Å². The molecular weight excluding hydrogens is 1380 g/mol. The van der Waals surface area contributed by atoms with Gasteiger partial charge < -0.3 is 45.5 Å². The van der Waals surface area contributed by atoms with Crippen molar-refractivity contribution in [1.82, 2.24) is 5.32 Å². The van der Waals surface area contributed by atoms with Gasteiger partial charge in [-0.2, -0.15) is 0 Å². The van der Waals surface area contributed by atoms with Gasteiger partial charge in [0.25, 0.3) is 0 Å². The molecule has 0 aliphatic heterocycles. The monoisotopic (exact) mass is 1490 g/mol. The fourth-order valence-corrected chi connectivity index (χ4v) is 10.9. The highest BCUT2D eigenvalue weighted by atomic mass is 35.5. The number of aryl methyl sites for hydroxylation is 3. The molecule has 0 heterocycles. The first-order chi connectivity index (χ1) is 49.5. The number of hydrogen-bond acceptors (Lipinski definition) is 8. The number of rotatable bonds is 24. The second kappa shape index (κ2) is 48.9. The molecule has 15 N–H and O–H groups in total. The minimum absolute atomic E-state index is 0.0202. The van der Waals surface area contributed by atoms with E-state index in [1.54, 1.807) is 31.3 Å². The summed E-state index contributed by atoms with van der Waals surface area (Å²) >= 11 is 11.6. The minimum Gasteiger partial charge on any atom is -0.370 e. The molecule has 0 radical (unpaired) electrons. The minimum atomic E-state index is -0.364. The van der Waals surface area contributed by atoms with Crippen molar-refractivity contribution < 1.29 is 47.1 Å². The van der Waals surface area contributed by atoms with E-state index in [0.29, 0.717) is 50.0 Å². The molecule has 16 nitrogen and oxygen atoms in total. The van der Waals surface area contributed by atoms with Crippen molar-refractivity contribution in [3.8, 4) is 0 Å². The molecule has 8 amide bonds. The van der Waals surface area contributed by atoms with Gasteiger partial charge in [0, 0.05) is 68.5 Å². The Labute approximate surface area is 637 Å². The van der Waals surface area contributed by atoms with Crippen molar-refractivity contribution in [2.75, 3.05) is 7.05 Å². The molecule has 0 saturated heterocycles. The molecule has 572 valence electrons. The number of carbonyl (C=O) groups excluding carboxylic acids is 8. The molecule has 0 fully saturated rings. The molecule has 0 aliphatic carbocycles. The van der Waals surface area contributed by atoms with E-state index in [4.69, 9.17) is 63.3 Å². The Bertz CT molecular complexity index is 3760. The van der Waals surface area contributed by atoms with Crippen LogP contribution in [0.5, 0.6) is 0 Å². The number of hydrogen-bond donors (Lipinski definition) is 8. The highest BCUT2D eigenvalue weighted by Gasteiger charge is 2.25. The molecule has 0 aliphatic rings. The molecule has 0 spiro atoms. The molecule has 0 bridgehead atoms. The summed E-state index contributed by atoms with van der Waals surface area (Å²) in [5, 5.41) is 4.05. The zero-order valence-electron chi connectivity index (χ0n) is 64.0. The molecular formula is C86H112Cl2F2N8O8. The maximum absolute atomic E-state index is 12.7. The summed E-state index contributed by atoms with van der Waals surface area (Å²) in [6, 6.07) is 61.9. The number of carbonyl (C=O) groups is 8. The summed E-state index contributed by atoms with van der Waals surface area (Å²) in [6.45, 7) is 26.0. The van der Waals surface area contributed by atoms with Gasteiger partial charge in [0.1, 0.15) is 11.6 Å². The highest BCUT2D eigenvalue weighted by molar-refractivity contribution is 6.30. The molecule has 0 aromatic heterocycles. The summed E-state index contributed by atoms with van der Waals surface area (Å²) < 4.78 is 25.3. The van der Waals surface area contributed by atoms with E-state index in [1.807, 2.05) is 236 Å². The molecule has 5 unspecified atom stereocenters. The smallest absolute Gasteiger partial charge is 0.220 e. The molecule has 0 saturated carbocycles. The zero-order valence-corrected chi connectivity index (χ0v) is 65.5. The standard InChI is InChI=1S/C12H16ClNO.C11H14ClNO.3C11H15NO.2C10H12FNO.C10H13NO/c1-12(2,8-11(15)14-3)9-4-6-10(13)7-5-9;1-11(2,7-10(13)14)8-3-5-9(12)6-4-8;2*1-8-3-5-10(6-4-8)9(2)7-11(12)13;1-8-4-3-5-10(6-8)9(2)7-11(12)13;1-7(6-10(12)13)8-2-4-9(11)5-3-8;1-7(5-10(12)13)8-3-2-4-9(11)6-8;1-8(7-10(11)12)9-5-3-2-4-6-9/h4-7H,8H2,1-3H3,(H,14,15);3-6H,7H2,1-2H3,(H2,13,14);3*3-6,9H,7H2,1-2H3,(H2,12,13);2-5,7H,6H2,1H3,(H2,12,13);2-4,6-7H,5H2,1H3,(H2,12,13);2-6,8H,7H2,1H3,(H2,11,12)/t;;;;;;;8-/m.......1/s1. The average Bonchev–Trinajstić information content (AvgIpc) is 0.846. The van der Waals surface area contributed by atoms with Crippen LogP contribution < -0.4 is 45.5 Å². The van der Waals surface area contributed by atoms with Crippen LogP contribution in [0.15, 0.2) is 200 Å². The van der Waals surface area contributed by atoms with Gasteiger partial charge >= 0.3 is 0 Å². The summed E-state index contributed by atoms with van der Waals surface area (Å²) in [7, 11) is 1.65. The van der Waals surface area contributed by atoms with Crippen LogP contribution >= 0.6 is 23.2 Å². The predicted octanol–water partition coefficient (Wildman–Crippen LogP) is 16.4. The molecule has 106 heavy (non-hydrogen) atoms. The normalized spacial score (nSPS) is 12.1. The van der Waals surface area contributed by atoms with Crippen LogP contribution in [0.4, 0.5) is 8.78 Å². The van der Waals surface area contributed by atoms with Crippen LogP contribution in [0.2, 0.25) is 10.0 Å². The second-order valence-corrected chi connectivity index (χ2v) is 28.8. The van der Waals surface area contributed by atoms with Crippen LogP contribution in [0.3, 0.4) is 0 Å². The Morgan fingerprint density at radius 3 is 0.915 bits per heavy atom. The van der Waals surface area contributed by atoms with Crippen LogP contribution in [0, 0.1) is 32.4 Å². The first-order valence-corrected chi connectivity index (χ1v) is 35.8. The summed E-state index contributed by atoms with van der Waals surface area (Å²) in [6.07, 6.45) is 3.05. The molecule has 8 aromatic rings. The molecule has 8 rings (SSSR count). The number of nitrogens with one attached hydrogen (secondary N) is 1. The van der Waals surface area contributed by atoms with Gasteiger partial charge in [0.15, 0.2) is 0 Å². The summed E-state index contributed by atoms with van der Waals surface area (Å²) in [4.78, 5) is 86.0. The Morgan fingerprint density at radius 2 is 0.613 bits per heavy atom. The van der Waals surface area contributed by atoms with E-state index >= 15 is 0 Å². The van der Waals surface area contributed by atoms with E-state index in [0.717, 1.165) is 32.8 Å². The van der Waals surface area contributed by atoms with Gasteiger partial charge in [-0.1, -0.05) is 261 Å². The zero-order chi connectivity index (χ0) is 80.4.